The number of piperazine rings is 1. The fourth-order valence-electron chi connectivity index (χ4n) is 3.16. The fraction of sp³-hybridized carbons (Fsp3) is 0.235. The van der Waals surface area contributed by atoms with Crippen LogP contribution in [0.2, 0.25) is 0 Å². The Hall–Kier alpha value is -2.93. The lowest BCUT2D eigenvalue weighted by molar-refractivity contribution is -0.122. The van der Waals surface area contributed by atoms with Crippen LogP contribution in [0.15, 0.2) is 47.1 Å². The first-order valence-corrected chi connectivity index (χ1v) is 7.71. The van der Waals surface area contributed by atoms with Gasteiger partial charge < -0.3 is 14.6 Å². The van der Waals surface area contributed by atoms with E-state index in [1.54, 1.807) is 30.3 Å². The Morgan fingerprint density at radius 1 is 1.17 bits per heavy atom. The maximum Gasteiger partial charge on any atom is 0.300 e. The zero-order valence-electron chi connectivity index (χ0n) is 12.8. The van der Waals surface area contributed by atoms with Crippen molar-refractivity contribution >= 4 is 23.4 Å². The molecule has 4 rings (SSSR count). The van der Waals surface area contributed by atoms with Crippen LogP contribution in [-0.2, 0) is 4.79 Å². The number of carbonyl (C=O) groups excluding carboxylic acids is 3. The predicted molar refractivity (Wildman–Crippen MR) is 84.7 cm³/mol. The average Bonchev–Trinajstić information content (AvgIpc) is 3.13. The number of anilines is 1. The van der Waals surface area contributed by atoms with Crippen molar-refractivity contribution in [1.82, 2.24) is 10.2 Å². The second-order valence-electron chi connectivity index (χ2n) is 5.69. The molecule has 122 valence electrons. The van der Waals surface area contributed by atoms with Crippen LogP contribution >= 0.6 is 0 Å². The molecular formula is C17H15N3O4. The van der Waals surface area contributed by atoms with Crippen molar-refractivity contribution in [3.05, 3.63) is 54.0 Å². The lowest BCUT2D eigenvalue weighted by Gasteiger charge is -2.34. The second kappa shape index (κ2) is 5.61. The van der Waals surface area contributed by atoms with E-state index >= 15 is 0 Å². The van der Waals surface area contributed by atoms with E-state index in [0.717, 1.165) is 4.90 Å². The highest BCUT2D eigenvalue weighted by atomic mass is 16.3. The maximum atomic E-state index is 13.1. The summed E-state index contributed by atoms with van der Waals surface area (Å²) in [5, 5.41) is 3.11. The standard InChI is InChI=1S/C17H15N3O4/c21-15-11-4-1-2-5-12(11)20(17(23)14-6-3-9-24-14)16(22)13-10-18-7-8-19(13)15/h1-6,9,13,18H,7-8,10H2/t13-/m0/s1. The third-order valence-corrected chi connectivity index (χ3v) is 4.32. The van der Waals surface area contributed by atoms with E-state index in [-0.39, 0.29) is 11.7 Å². The van der Waals surface area contributed by atoms with Gasteiger partial charge in [0, 0.05) is 19.6 Å². The van der Waals surface area contributed by atoms with E-state index in [9.17, 15) is 14.4 Å². The Kier molecular flexibility index (Phi) is 3.42. The lowest BCUT2D eigenvalue weighted by atomic mass is 10.1. The molecule has 0 radical (unpaired) electrons. The van der Waals surface area contributed by atoms with E-state index in [0.29, 0.717) is 30.9 Å². The fourth-order valence-corrected chi connectivity index (χ4v) is 3.16. The highest BCUT2D eigenvalue weighted by Gasteiger charge is 2.43. The molecule has 7 nitrogen and oxygen atoms in total. The van der Waals surface area contributed by atoms with Gasteiger partial charge in [-0.15, -0.1) is 0 Å². The van der Waals surface area contributed by atoms with Crippen LogP contribution in [0, 0.1) is 0 Å². The minimum Gasteiger partial charge on any atom is -0.459 e. The smallest absolute Gasteiger partial charge is 0.300 e. The first kappa shape index (κ1) is 14.6. The number of nitrogens with zero attached hydrogens (tertiary/aromatic N) is 2. The van der Waals surface area contributed by atoms with Crippen molar-refractivity contribution in [2.45, 2.75) is 6.04 Å². The molecule has 1 aromatic carbocycles. The van der Waals surface area contributed by atoms with Gasteiger partial charge in [-0.25, -0.2) is 4.90 Å². The monoisotopic (exact) mass is 325 g/mol. The molecule has 2 aliphatic rings. The molecule has 0 unspecified atom stereocenters. The van der Waals surface area contributed by atoms with Crippen molar-refractivity contribution in [3.8, 4) is 0 Å². The Labute approximate surface area is 137 Å². The van der Waals surface area contributed by atoms with Crippen molar-refractivity contribution in [3.63, 3.8) is 0 Å². The number of fused-ring (bicyclic) bond motifs is 2. The van der Waals surface area contributed by atoms with E-state index in [1.807, 2.05) is 0 Å². The van der Waals surface area contributed by atoms with Crippen LogP contribution in [0.4, 0.5) is 5.69 Å². The molecule has 24 heavy (non-hydrogen) atoms. The molecule has 1 aromatic heterocycles. The Bertz CT molecular complexity index is 815. The largest absolute Gasteiger partial charge is 0.459 e. The van der Waals surface area contributed by atoms with Gasteiger partial charge in [0.25, 0.3) is 11.8 Å². The van der Waals surface area contributed by atoms with Gasteiger partial charge in [0.05, 0.1) is 17.5 Å². The molecule has 1 fully saturated rings. The zero-order valence-corrected chi connectivity index (χ0v) is 12.8. The van der Waals surface area contributed by atoms with Gasteiger partial charge in [0.1, 0.15) is 6.04 Å². The number of imide groups is 1. The van der Waals surface area contributed by atoms with Crippen molar-refractivity contribution in [1.29, 1.82) is 0 Å². The SMILES string of the molecule is O=C(c1ccco1)N1C(=O)[C@@H]2CNCCN2C(=O)c2ccccc21. The van der Waals surface area contributed by atoms with Crippen LogP contribution in [0.25, 0.3) is 0 Å². The number of para-hydroxylation sites is 1. The van der Waals surface area contributed by atoms with E-state index < -0.39 is 17.9 Å². The zero-order chi connectivity index (χ0) is 16.7. The molecule has 0 bridgehead atoms. The number of rotatable bonds is 1. The molecule has 0 saturated carbocycles. The van der Waals surface area contributed by atoms with E-state index in [1.165, 1.54) is 17.2 Å². The van der Waals surface area contributed by atoms with Crippen LogP contribution in [0.1, 0.15) is 20.9 Å². The van der Waals surface area contributed by atoms with Crippen molar-refractivity contribution in [2.24, 2.45) is 0 Å². The summed E-state index contributed by atoms with van der Waals surface area (Å²) in [6.45, 7) is 1.36. The maximum absolute atomic E-state index is 13.1. The van der Waals surface area contributed by atoms with Gasteiger partial charge in [-0.1, -0.05) is 12.1 Å². The third-order valence-electron chi connectivity index (χ3n) is 4.32. The minimum absolute atomic E-state index is 0.0582. The summed E-state index contributed by atoms with van der Waals surface area (Å²) in [6, 6.07) is 9.04. The van der Waals surface area contributed by atoms with Crippen LogP contribution in [-0.4, -0.2) is 48.3 Å². The molecule has 1 saturated heterocycles. The summed E-state index contributed by atoms with van der Waals surface area (Å²) in [5.41, 5.74) is 0.637. The minimum atomic E-state index is -0.711. The first-order chi connectivity index (χ1) is 11.7. The van der Waals surface area contributed by atoms with Crippen LogP contribution < -0.4 is 10.2 Å². The van der Waals surface area contributed by atoms with Gasteiger partial charge in [0.15, 0.2) is 5.76 Å². The van der Waals surface area contributed by atoms with Gasteiger partial charge in [-0.05, 0) is 24.3 Å². The summed E-state index contributed by atoms with van der Waals surface area (Å²) in [6.07, 6.45) is 1.38. The highest BCUT2D eigenvalue weighted by Crippen LogP contribution is 2.30. The lowest BCUT2D eigenvalue weighted by Crippen LogP contribution is -2.59. The predicted octanol–water partition coefficient (Wildman–Crippen LogP) is 0.881. The molecule has 1 atom stereocenters. The van der Waals surface area contributed by atoms with Crippen molar-refractivity contribution in [2.75, 3.05) is 24.5 Å². The second-order valence-corrected chi connectivity index (χ2v) is 5.69. The third kappa shape index (κ3) is 2.13. The number of amides is 3. The Morgan fingerprint density at radius 3 is 2.79 bits per heavy atom. The number of furan rings is 1. The number of nitrogens with one attached hydrogen (secondary N) is 1. The molecule has 2 aromatic rings. The first-order valence-electron chi connectivity index (χ1n) is 7.71. The number of carbonyl (C=O) groups is 3. The Morgan fingerprint density at radius 2 is 2.00 bits per heavy atom. The molecular weight excluding hydrogens is 310 g/mol. The molecule has 2 aliphatic heterocycles. The van der Waals surface area contributed by atoms with Crippen molar-refractivity contribution < 1.29 is 18.8 Å². The normalized spacial score (nSPS) is 20.4. The summed E-state index contributed by atoms with van der Waals surface area (Å²) >= 11 is 0. The molecule has 3 amide bonds. The number of benzene rings is 1. The topological polar surface area (TPSA) is 82.9 Å². The average molecular weight is 325 g/mol. The highest BCUT2D eigenvalue weighted by molar-refractivity contribution is 6.25. The quantitative estimate of drug-likeness (QED) is 0.787. The summed E-state index contributed by atoms with van der Waals surface area (Å²) in [5.74, 6) is -1.18. The van der Waals surface area contributed by atoms with Crippen LogP contribution in [0.3, 0.4) is 0 Å². The van der Waals surface area contributed by atoms with Gasteiger partial charge >= 0.3 is 5.91 Å². The Balaban J connectivity index is 1.87. The van der Waals surface area contributed by atoms with Crippen LogP contribution in [0.5, 0.6) is 0 Å². The molecule has 0 aliphatic carbocycles. The van der Waals surface area contributed by atoms with E-state index in [2.05, 4.69) is 5.32 Å². The van der Waals surface area contributed by atoms with Gasteiger partial charge in [-0.2, -0.15) is 0 Å². The number of hydrogen-bond acceptors (Lipinski definition) is 5. The van der Waals surface area contributed by atoms with Gasteiger partial charge in [-0.3, -0.25) is 14.4 Å². The summed E-state index contributed by atoms with van der Waals surface area (Å²) < 4.78 is 5.16. The molecule has 3 heterocycles. The molecule has 1 N–H and O–H groups in total. The number of hydrogen-bond donors (Lipinski definition) is 1. The summed E-state index contributed by atoms with van der Waals surface area (Å²) in [7, 11) is 0. The summed E-state index contributed by atoms with van der Waals surface area (Å²) in [4.78, 5) is 41.3. The van der Waals surface area contributed by atoms with Gasteiger partial charge in [0.2, 0.25) is 0 Å². The molecule has 7 heteroatoms. The molecule has 0 spiro atoms. The van der Waals surface area contributed by atoms with E-state index in [4.69, 9.17) is 4.42 Å².